The molecule has 0 aliphatic rings. The van der Waals surface area contributed by atoms with Gasteiger partial charge >= 0.3 is 0 Å². The smallest absolute Gasteiger partial charge is 0.0413 e. The van der Waals surface area contributed by atoms with Gasteiger partial charge in [-0.2, -0.15) is 0 Å². The minimum Gasteiger partial charge on any atom is -0.260 e. The van der Waals surface area contributed by atoms with Crippen LogP contribution >= 0.6 is 15.9 Å². The lowest BCUT2D eigenvalue weighted by atomic mass is 10.2. The molecule has 0 N–H and O–H groups in total. The molecule has 58 valence electrons. The molecule has 1 aromatic heterocycles. The maximum Gasteiger partial charge on any atom is 0.0413 e. The van der Waals surface area contributed by atoms with E-state index in [1.807, 2.05) is 24.4 Å². The molecule has 1 heterocycles. The quantitative estimate of drug-likeness (QED) is 0.702. The van der Waals surface area contributed by atoms with E-state index in [2.05, 4.69) is 27.5 Å². The molecule has 0 unspecified atom stereocenters. The minimum absolute atomic E-state index is 0.983. The number of nitrogens with zero attached hydrogens (tertiary/aromatic N) is 1. The van der Waals surface area contributed by atoms with Crippen molar-refractivity contribution in [2.75, 3.05) is 0 Å². The van der Waals surface area contributed by atoms with Gasteiger partial charge < -0.3 is 0 Å². The Balaban J connectivity index is 2.58. The van der Waals surface area contributed by atoms with E-state index >= 15 is 0 Å². The number of rotatable bonds is 3. The first-order valence-corrected chi connectivity index (χ1v) is 4.33. The lowest BCUT2D eigenvalue weighted by Gasteiger charge is -1.95. The van der Waals surface area contributed by atoms with Crippen molar-refractivity contribution in [3.63, 3.8) is 0 Å². The Morgan fingerprint density at radius 2 is 2.36 bits per heavy atom. The Labute approximate surface area is 75.3 Å². The van der Waals surface area contributed by atoms with Crippen molar-refractivity contribution >= 4 is 15.9 Å². The van der Waals surface area contributed by atoms with Crippen molar-refractivity contribution in [3.05, 3.63) is 41.2 Å². The molecule has 1 aromatic rings. The van der Waals surface area contributed by atoms with Crippen molar-refractivity contribution in [3.8, 4) is 0 Å². The van der Waals surface area contributed by atoms with Crippen molar-refractivity contribution < 1.29 is 0 Å². The van der Waals surface area contributed by atoms with E-state index in [9.17, 15) is 0 Å². The van der Waals surface area contributed by atoms with Crippen LogP contribution in [0.15, 0.2) is 35.5 Å². The Morgan fingerprint density at radius 3 is 2.91 bits per heavy atom. The lowest BCUT2D eigenvalue weighted by Crippen LogP contribution is -1.86. The average Bonchev–Trinajstić information content (AvgIpc) is 2.04. The molecule has 0 atom stereocenters. The Bertz CT molecular complexity index is 228. The van der Waals surface area contributed by atoms with Crippen molar-refractivity contribution in [2.24, 2.45) is 0 Å². The van der Waals surface area contributed by atoms with Gasteiger partial charge in [0.05, 0.1) is 0 Å². The molecule has 0 saturated carbocycles. The topological polar surface area (TPSA) is 12.9 Å². The zero-order valence-corrected chi connectivity index (χ0v) is 7.84. The van der Waals surface area contributed by atoms with Gasteiger partial charge in [-0.3, -0.25) is 4.98 Å². The van der Waals surface area contributed by atoms with Crippen LogP contribution < -0.4 is 0 Å². The average molecular weight is 212 g/mol. The largest absolute Gasteiger partial charge is 0.260 e. The van der Waals surface area contributed by atoms with Crippen LogP contribution in [0.2, 0.25) is 0 Å². The molecule has 0 fully saturated rings. The maximum atomic E-state index is 4.22. The van der Waals surface area contributed by atoms with Crippen LogP contribution in [0.5, 0.6) is 0 Å². The summed E-state index contributed by atoms with van der Waals surface area (Å²) in [5.41, 5.74) is 1.12. The number of allylic oxidation sites excluding steroid dienone is 1. The fourth-order valence-electron chi connectivity index (χ4n) is 0.804. The Hall–Kier alpha value is -0.630. The summed E-state index contributed by atoms with van der Waals surface area (Å²) in [6, 6.07) is 4.03. The molecule has 1 nitrogen and oxygen atoms in total. The molecule has 0 bridgehead atoms. The highest BCUT2D eigenvalue weighted by atomic mass is 79.9. The second-order valence-electron chi connectivity index (χ2n) is 2.30. The maximum absolute atomic E-state index is 4.22. The van der Waals surface area contributed by atoms with Crippen molar-refractivity contribution in [2.45, 2.75) is 12.8 Å². The third-order valence-electron chi connectivity index (χ3n) is 1.39. The number of aromatic nitrogens is 1. The van der Waals surface area contributed by atoms with Crippen LogP contribution in [0.4, 0.5) is 0 Å². The molecule has 2 heteroatoms. The van der Waals surface area contributed by atoms with Gasteiger partial charge in [0, 0.05) is 16.4 Å². The van der Waals surface area contributed by atoms with Crippen LogP contribution in [0.25, 0.3) is 0 Å². The number of pyridine rings is 1. The number of hydrogen-bond donors (Lipinski definition) is 0. The molecular weight excluding hydrogens is 202 g/mol. The highest BCUT2D eigenvalue weighted by Gasteiger charge is 1.91. The van der Waals surface area contributed by atoms with Gasteiger partial charge in [-0.25, -0.2) is 0 Å². The summed E-state index contributed by atoms with van der Waals surface area (Å²) in [6.07, 6.45) is 5.70. The monoisotopic (exact) mass is 211 g/mol. The van der Waals surface area contributed by atoms with Gasteiger partial charge in [0.2, 0.25) is 0 Å². The fourth-order valence-corrected chi connectivity index (χ4v) is 1.04. The van der Waals surface area contributed by atoms with Crippen LogP contribution in [0, 0.1) is 0 Å². The molecular formula is C9H10BrN. The normalized spacial score (nSPS) is 9.55. The summed E-state index contributed by atoms with van der Waals surface area (Å²) < 4.78 is 1.03. The molecule has 0 aliphatic carbocycles. The summed E-state index contributed by atoms with van der Waals surface area (Å²) in [7, 11) is 0. The second-order valence-corrected chi connectivity index (χ2v) is 3.21. The van der Waals surface area contributed by atoms with Crippen LogP contribution in [0.3, 0.4) is 0 Å². The first kappa shape index (κ1) is 8.47. The molecule has 0 aliphatic heterocycles. The predicted octanol–water partition coefficient (Wildman–Crippen LogP) is 2.96. The summed E-state index contributed by atoms with van der Waals surface area (Å²) in [5.74, 6) is 0. The molecule has 0 spiro atoms. The highest BCUT2D eigenvalue weighted by Crippen LogP contribution is 2.08. The van der Waals surface area contributed by atoms with E-state index in [-0.39, 0.29) is 0 Å². The van der Waals surface area contributed by atoms with E-state index in [1.54, 1.807) is 0 Å². The molecule has 0 saturated heterocycles. The molecule has 0 amide bonds. The van der Waals surface area contributed by atoms with E-state index < -0.39 is 0 Å². The second kappa shape index (κ2) is 4.29. The summed E-state index contributed by atoms with van der Waals surface area (Å²) >= 11 is 3.33. The third-order valence-corrected chi connectivity index (χ3v) is 1.86. The summed E-state index contributed by atoms with van der Waals surface area (Å²) in [5, 5.41) is 0. The van der Waals surface area contributed by atoms with Gasteiger partial charge in [-0.05, 0) is 40.9 Å². The van der Waals surface area contributed by atoms with Crippen molar-refractivity contribution in [1.29, 1.82) is 0 Å². The lowest BCUT2D eigenvalue weighted by molar-refractivity contribution is 0.943. The summed E-state index contributed by atoms with van der Waals surface area (Å²) in [6.45, 7) is 3.66. The van der Waals surface area contributed by atoms with Crippen LogP contribution in [0.1, 0.15) is 12.1 Å². The molecule has 1 rings (SSSR count). The first-order valence-electron chi connectivity index (χ1n) is 3.54. The SMILES string of the molecule is C=CCCc1ccc(Br)cn1. The molecule has 0 radical (unpaired) electrons. The number of aryl methyl sites for hydroxylation is 1. The number of hydrogen-bond acceptors (Lipinski definition) is 1. The standard InChI is InChI=1S/C9H10BrN/c1-2-3-4-9-6-5-8(10)7-11-9/h2,5-7H,1,3-4H2. The van der Waals surface area contributed by atoms with Crippen molar-refractivity contribution in [1.82, 2.24) is 4.98 Å². The molecule has 0 aromatic carbocycles. The van der Waals surface area contributed by atoms with E-state index in [0.29, 0.717) is 0 Å². The fraction of sp³-hybridized carbons (Fsp3) is 0.222. The zero-order chi connectivity index (χ0) is 8.10. The Morgan fingerprint density at radius 1 is 1.55 bits per heavy atom. The predicted molar refractivity (Wildman–Crippen MR) is 50.5 cm³/mol. The Kier molecular flexibility index (Phi) is 3.30. The van der Waals surface area contributed by atoms with Gasteiger partial charge in [-0.1, -0.05) is 6.08 Å². The molecule has 11 heavy (non-hydrogen) atoms. The van der Waals surface area contributed by atoms with Gasteiger partial charge in [0.15, 0.2) is 0 Å². The van der Waals surface area contributed by atoms with Crippen LogP contribution in [-0.4, -0.2) is 4.98 Å². The van der Waals surface area contributed by atoms with Gasteiger partial charge in [-0.15, -0.1) is 6.58 Å². The van der Waals surface area contributed by atoms with Gasteiger partial charge in [0.1, 0.15) is 0 Å². The first-order chi connectivity index (χ1) is 5.33. The van der Waals surface area contributed by atoms with Crippen LogP contribution in [-0.2, 0) is 6.42 Å². The number of halogens is 1. The minimum atomic E-state index is 0.983. The van der Waals surface area contributed by atoms with E-state index in [1.165, 1.54) is 0 Å². The summed E-state index contributed by atoms with van der Waals surface area (Å²) in [4.78, 5) is 4.22. The third kappa shape index (κ3) is 2.85. The highest BCUT2D eigenvalue weighted by molar-refractivity contribution is 9.10. The van der Waals surface area contributed by atoms with E-state index in [0.717, 1.165) is 23.0 Å². The van der Waals surface area contributed by atoms with E-state index in [4.69, 9.17) is 0 Å². The zero-order valence-electron chi connectivity index (χ0n) is 6.26. The van der Waals surface area contributed by atoms with Gasteiger partial charge in [0.25, 0.3) is 0 Å².